The van der Waals surface area contributed by atoms with Gasteiger partial charge in [0.05, 0.1) is 12.4 Å². The Kier molecular flexibility index (Phi) is 9.24. The molecule has 0 aliphatic heterocycles. The van der Waals surface area contributed by atoms with E-state index < -0.39 is 12.1 Å². The maximum Gasteiger partial charge on any atom is 0.333 e. The average molecular weight is 330 g/mol. The van der Waals surface area contributed by atoms with Crippen LogP contribution in [0.5, 0.6) is 0 Å². The monoisotopic (exact) mass is 330 g/mol. The van der Waals surface area contributed by atoms with Gasteiger partial charge in [0.15, 0.2) is 6.10 Å². The summed E-state index contributed by atoms with van der Waals surface area (Å²) in [5.41, 5.74) is 2.02. The van der Waals surface area contributed by atoms with Crippen LogP contribution >= 0.6 is 0 Å². The number of carboxylic acids is 1. The van der Waals surface area contributed by atoms with E-state index in [1.807, 2.05) is 37.3 Å². The molecule has 0 heterocycles. The predicted molar refractivity (Wildman–Crippen MR) is 95.8 cm³/mol. The van der Waals surface area contributed by atoms with E-state index in [0.29, 0.717) is 13.2 Å². The number of aliphatic carboxylic acids is 1. The van der Waals surface area contributed by atoms with Crippen molar-refractivity contribution in [3.8, 4) is 0 Å². The molecule has 1 aromatic carbocycles. The zero-order chi connectivity index (χ0) is 17.8. The first kappa shape index (κ1) is 19.7. The standard InChI is InChI=1S/C20H26O4/c1-4-17(15-19(20(21)22)23-5-2)12-11-16(3)24-14-13-18-9-7-6-8-10-18/h4,6-12,19H,1,5,13-15H2,2-3H3,(H,21,22)/b16-11+,17-12+/t19-/m0/s1. The Labute approximate surface area is 144 Å². The quantitative estimate of drug-likeness (QED) is 0.489. The van der Waals surface area contributed by atoms with Gasteiger partial charge in [-0.2, -0.15) is 0 Å². The third-order valence-corrected chi connectivity index (χ3v) is 3.42. The molecule has 1 atom stereocenters. The predicted octanol–water partition coefficient (Wildman–Crippen LogP) is 4.14. The molecule has 4 nitrogen and oxygen atoms in total. The van der Waals surface area contributed by atoms with Crippen LogP contribution in [0.25, 0.3) is 0 Å². The lowest BCUT2D eigenvalue weighted by Gasteiger charge is -2.12. The van der Waals surface area contributed by atoms with Gasteiger partial charge >= 0.3 is 5.97 Å². The van der Waals surface area contributed by atoms with Crippen LogP contribution in [-0.2, 0) is 20.7 Å². The van der Waals surface area contributed by atoms with Crippen LogP contribution in [0.1, 0.15) is 25.8 Å². The van der Waals surface area contributed by atoms with Crippen molar-refractivity contribution in [3.05, 3.63) is 72.0 Å². The summed E-state index contributed by atoms with van der Waals surface area (Å²) in [6.07, 6.45) is 5.55. The number of carbonyl (C=O) groups is 1. The van der Waals surface area contributed by atoms with Gasteiger partial charge in [-0.1, -0.05) is 49.1 Å². The van der Waals surface area contributed by atoms with Crippen molar-refractivity contribution >= 4 is 5.97 Å². The second-order valence-electron chi connectivity index (χ2n) is 5.29. The summed E-state index contributed by atoms with van der Waals surface area (Å²) in [6, 6.07) is 10.1. The van der Waals surface area contributed by atoms with E-state index in [1.54, 1.807) is 13.0 Å². The summed E-state index contributed by atoms with van der Waals surface area (Å²) in [7, 11) is 0. The Morgan fingerprint density at radius 3 is 2.58 bits per heavy atom. The number of allylic oxidation sites excluding steroid dienone is 4. The van der Waals surface area contributed by atoms with Gasteiger partial charge in [0.1, 0.15) is 0 Å². The van der Waals surface area contributed by atoms with Crippen LogP contribution in [0.15, 0.2) is 66.5 Å². The summed E-state index contributed by atoms with van der Waals surface area (Å²) in [4.78, 5) is 11.1. The number of hydrogen-bond donors (Lipinski definition) is 1. The van der Waals surface area contributed by atoms with Crippen molar-refractivity contribution in [1.29, 1.82) is 0 Å². The molecule has 0 fully saturated rings. The maximum absolute atomic E-state index is 11.1. The van der Waals surface area contributed by atoms with E-state index in [-0.39, 0.29) is 6.42 Å². The minimum Gasteiger partial charge on any atom is -0.498 e. The molecule has 0 aromatic heterocycles. The molecule has 0 amide bonds. The second-order valence-corrected chi connectivity index (χ2v) is 5.29. The summed E-state index contributed by atoms with van der Waals surface area (Å²) in [5.74, 6) is -0.196. The van der Waals surface area contributed by atoms with Crippen molar-refractivity contribution < 1.29 is 19.4 Å². The van der Waals surface area contributed by atoms with E-state index >= 15 is 0 Å². The highest BCUT2D eigenvalue weighted by atomic mass is 16.5. The van der Waals surface area contributed by atoms with Crippen LogP contribution in [-0.4, -0.2) is 30.4 Å². The Balaban J connectivity index is 2.53. The molecule has 0 radical (unpaired) electrons. The van der Waals surface area contributed by atoms with Crippen LogP contribution in [0, 0.1) is 0 Å². The van der Waals surface area contributed by atoms with Crippen molar-refractivity contribution in [1.82, 2.24) is 0 Å². The largest absolute Gasteiger partial charge is 0.498 e. The smallest absolute Gasteiger partial charge is 0.333 e. The minimum absolute atomic E-state index is 0.278. The van der Waals surface area contributed by atoms with E-state index in [1.165, 1.54) is 5.56 Å². The minimum atomic E-state index is -0.968. The number of ether oxygens (including phenoxy) is 2. The number of carboxylic acid groups (broad SMARTS) is 1. The number of hydrogen-bond acceptors (Lipinski definition) is 3. The van der Waals surface area contributed by atoms with Gasteiger partial charge in [0, 0.05) is 19.4 Å². The van der Waals surface area contributed by atoms with Gasteiger partial charge in [-0.05, 0) is 31.1 Å². The van der Waals surface area contributed by atoms with E-state index in [2.05, 4.69) is 18.7 Å². The fourth-order valence-electron chi connectivity index (χ4n) is 2.10. The number of benzene rings is 1. The summed E-state index contributed by atoms with van der Waals surface area (Å²) in [5, 5.41) is 9.12. The van der Waals surface area contributed by atoms with Gasteiger partial charge in [0.2, 0.25) is 0 Å². The molecule has 0 saturated carbocycles. The lowest BCUT2D eigenvalue weighted by atomic mass is 10.1. The summed E-state index contributed by atoms with van der Waals surface area (Å²) >= 11 is 0. The lowest BCUT2D eigenvalue weighted by molar-refractivity contribution is -0.149. The van der Waals surface area contributed by atoms with E-state index in [4.69, 9.17) is 14.6 Å². The Hall–Kier alpha value is -2.33. The van der Waals surface area contributed by atoms with Crippen LogP contribution in [0.3, 0.4) is 0 Å². The summed E-state index contributed by atoms with van der Waals surface area (Å²) < 4.78 is 10.9. The molecule has 0 aliphatic carbocycles. The van der Waals surface area contributed by atoms with Gasteiger partial charge in [-0.15, -0.1) is 0 Å². The molecule has 1 aromatic rings. The number of rotatable bonds is 11. The first-order valence-electron chi connectivity index (χ1n) is 8.07. The van der Waals surface area contributed by atoms with Crippen molar-refractivity contribution in [3.63, 3.8) is 0 Å². The molecular formula is C20H26O4. The maximum atomic E-state index is 11.1. The molecule has 0 unspecified atom stereocenters. The third-order valence-electron chi connectivity index (χ3n) is 3.42. The van der Waals surface area contributed by atoms with Crippen molar-refractivity contribution in [2.75, 3.05) is 13.2 Å². The molecule has 130 valence electrons. The second kappa shape index (κ2) is 11.2. The zero-order valence-electron chi connectivity index (χ0n) is 14.4. The van der Waals surface area contributed by atoms with Gasteiger partial charge in [0.25, 0.3) is 0 Å². The summed E-state index contributed by atoms with van der Waals surface area (Å²) in [6.45, 7) is 8.33. The van der Waals surface area contributed by atoms with E-state index in [9.17, 15) is 4.79 Å². The third kappa shape index (κ3) is 7.79. The fourth-order valence-corrected chi connectivity index (χ4v) is 2.10. The highest BCUT2D eigenvalue weighted by Gasteiger charge is 2.17. The van der Waals surface area contributed by atoms with Gasteiger partial charge in [-0.25, -0.2) is 4.79 Å². The molecule has 24 heavy (non-hydrogen) atoms. The van der Waals surface area contributed by atoms with Crippen LogP contribution in [0.2, 0.25) is 0 Å². The first-order chi connectivity index (χ1) is 11.6. The molecule has 1 rings (SSSR count). The Morgan fingerprint density at radius 1 is 1.29 bits per heavy atom. The van der Waals surface area contributed by atoms with Gasteiger partial charge in [-0.3, -0.25) is 0 Å². The SMILES string of the molecule is C=C/C(=C\C=C(/C)OCCc1ccccc1)C[C@H](OCC)C(=O)O. The normalized spacial score (nSPS) is 13.4. The van der Waals surface area contributed by atoms with Crippen molar-refractivity contribution in [2.45, 2.75) is 32.8 Å². The molecule has 1 N–H and O–H groups in total. The molecule has 0 aliphatic rings. The zero-order valence-corrected chi connectivity index (χ0v) is 14.4. The molecule has 0 spiro atoms. The first-order valence-corrected chi connectivity index (χ1v) is 8.07. The molecule has 0 saturated heterocycles. The van der Waals surface area contributed by atoms with Crippen LogP contribution in [0.4, 0.5) is 0 Å². The average Bonchev–Trinajstić information content (AvgIpc) is 2.58. The van der Waals surface area contributed by atoms with E-state index in [0.717, 1.165) is 17.8 Å². The fraction of sp³-hybridized carbons (Fsp3) is 0.350. The molecule has 0 bridgehead atoms. The van der Waals surface area contributed by atoms with Crippen LogP contribution < -0.4 is 0 Å². The van der Waals surface area contributed by atoms with Gasteiger partial charge < -0.3 is 14.6 Å². The lowest BCUT2D eigenvalue weighted by Crippen LogP contribution is -2.24. The Morgan fingerprint density at radius 2 is 2.00 bits per heavy atom. The molecular weight excluding hydrogens is 304 g/mol. The molecule has 4 heteroatoms. The topological polar surface area (TPSA) is 55.8 Å². The highest BCUT2D eigenvalue weighted by molar-refractivity contribution is 5.72. The Bertz CT molecular complexity index is 573. The highest BCUT2D eigenvalue weighted by Crippen LogP contribution is 2.12. The van der Waals surface area contributed by atoms with Crippen molar-refractivity contribution in [2.24, 2.45) is 0 Å².